The molecule has 4 aromatic rings. The molecule has 0 atom stereocenters. The number of hydrogen-bond donors (Lipinski definition) is 1. The Morgan fingerprint density at radius 1 is 0.914 bits per heavy atom. The van der Waals surface area contributed by atoms with Crippen molar-refractivity contribution >= 4 is 40.3 Å². The number of nitro benzene ring substituents is 1. The van der Waals surface area contributed by atoms with Crippen LogP contribution in [0.3, 0.4) is 0 Å². The summed E-state index contributed by atoms with van der Waals surface area (Å²) < 4.78 is 5.73. The van der Waals surface area contributed by atoms with Crippen LogP contribution in [0.25, 0.3) is 23.1 Å². The minimum absolute atomic E-state index is 0.160. The summed E-state index contributed by atoms with van der Waals surface area (Å²) >= 11 is 0. The molecular formula is C28H22N2O5. The van der Waals surface area contributed by atoms with Crippen LogP contribution in [0.15, 0.2) is 91.1 Å². The van der Waals surface area contributed by atoms with Crippen LogP contribution >= 0.6 is 0 Å². The highest BCUT2D eigenvalue weighted by Gasteiger charge is 2.13. The van der Waals surface area contributed by atoms with Crippen molar-refractivity contribution in [3.63, 3.8) is 0 Å². The van der Waals surface area contributed by atoms with Crippen molar-refractivity contribution in [2.24, 2.45) is 0 Å². The van der Waals surface area contributed by atoms with Gasteiger partial charge in [0.15, 0.2) is 11.6 Å². The van der Waals surface area contributed by atoms with E-state index >= 15 is 0 Å². The van der Waals surface area contributed by atoms with Gasteiger partial charge in [0.25, 0.3) is 5.69 Å². The van der Waals surface area contributed by atoms with E-state index in [0.717, 1.165) is 22.0 Å². The van der Waals surface area contributed by atoms with E-state index in [9.17, 15) is 19.7 Å². The third-order valence-corrected chi connectivity index (χ3v) is 5.28. The van der Waals surface area contributed by atoms with Crippen LogP contribution in [-0.2, 0) is 16.2 Å². The van der Waals surface area contributed by atoms with E-state index in [2.05, 4.69) is 4.98 Å². The number of nitrogens with one attached hydrogen (secondary N) is 1. The van der Waals surface area contributed by atoms with Gasteiger partial charge in [-0.05, 0) is 59.0 Å². The van der Waals surface area contributed by atoms with Crippen molar-refractivity contribution in [2.45, 2.75) is 13.0 Å². The Morgan fingerprint density at radius 2 is 1.69 bits per heavy atom. The van der Waals surface area contributed by atoms with Gasteiger partial charge in [-0.1, -0.05) is 48.5 Å². The number of hydrogen-bond acceptors (Lipinski definition) is 5. The van der Waals surface area contributed by atoms with E-state index in [1.165, 1.54) is 36.4 Å². The molecule has 0 fully saturated rings. The number of carbonyl (C=O) groups is 2. The van der Waals surface area contributed by atoms with Gasteiger partial charge >= 0.3 is 0 Å². The van der Waals surface area contributed by atoms with E-state index in [-0.39, 0.29) is 23.5 Å². The number of H-pyrrole nitrogens is 1. The normalized spacial score (nSPS) is 11.3. The Hall–Kier alpha value is -4.78. The Kier molecular flexibility index (Phi) is 7.28. The summed E-state index contributed by atoms with van der Waals surface area (Å²) in [5, 5.41) is 12.5. The Balaban J connectivity index is 1.39. The minimum Gasteiger partial charge on any atom is -0.489 e. The van der Waals surface area contributed by atoms with Crippen LogP contribution in [-0.4, -0.2) is 21.5 Å². The summed E-state index contributed by atoms with van der Waals surface area (Å²) in [6.07, 6.45) is 7.03. The van der Waals surface area contributed by atoms with Gasteiger partial charge < -0.3 is 9.72 Å². The quantitative estimate of drug-likeness (QED) is 0.135. The van der Waals surface area contributed by atoms with Gasteiger partial charge in [-0.2, -0.15) is 0 Å². The molecule has 174 valence electrons. The number of aromatic nitrogens is 1. The Morgan fingerprint density at radius 3 is 2.46 bits per heavy atom. The third-order valence-electron chi connectivity index (χ3n) is 5.28. The molecule has 0 aliphatic rings. The molecule has 0 saturated heterocycles. The van der Waals surface area contributed by atoms with Crippen molar-refractivity contribution in [3.05, 3.63) is 118 Å². The second-order valence-corrected chi connectivity index (χ2v) is 7.85. The Labute approximate surface area is 201 Å². The number of ketones is 2. The molecule has 1 aromatic heterocycles. The maximum Gasteiger partial charge on any atom is 0.276 e. The first-order chi connectivity index (χ1) is 17.0. The van der Waals surface area contributed by atoms with Crippen molar-refractivity contribution in [1.29, 1.82) is 0 Å². The van der Waals surface area contributed by atoms with E-state index in [1.54, 1.807) is 6.08 Å². The van der Waals surface area contributed by atoms with Gasteiger partial charge in [-0.15, -0.1) is 0 Å². The van der Waals surface area contributed by atoms with E-state index in [0.29, 0.717) is 12.4 Å². The summed E-state index contributed by atoms with van der Waals surface area (Å²) in [6.45, 7) is 0.304. The SMILES string of the molecule is O=C(/C=C/c1ccc2cc[nH]c2c1)CC(=O)/C=C/c1cc(OCc2ccccc2)ccc1[N+](=O)[O-]. The van der Waals surface area contributed by atoms with E-state index in [1.807, 2.05) is 60.8 Å². The molecule has 7 heteroatoms. The number of ether oxygens (including phenoxy) is 1. The zero-order valence-corrected chi connectivity index (χ0v) is 18.7. The molecule has 7 nitrogen and oxygen atoms in total. The summed E-state index contributed by atoms with van der Waals surface area (Å²) in [4.78, 5) is 38.5. The number of rotatable bonds is 10. The van der Waals surface area contributed by atoms with Crippen molar-refractivity contribution < 1.29 is 19.2 Å². The molecule has 4 rings (SSSR count). The fraction of sp³-hybridized carbons (Fsp3) is 0.0714. The Bertz CT molecular complexity index is 1430. The van der Waals surface area contributed by atoms with Crippen LogP contribution in [0.2, 0.25) is 0 Å². The van der Waals surface area contributed by atoms with Gasteiger partial charge in [0.05, 0.1) is 16.9 Å². The lowest BCUT2D eigenvalue weighted by Gasteiger charge is -2.07. The molecule has 0 radical (unpaired) electrons. The predicted octanol–water partition coefficient (Wildman–Crippen LogP) is 5.91. The van der Waals surface area contributed by atoms with Gasteiger partial charge in [0.2, 0.25) is 0 Å². The fourth-order valence-corrected chi connectivity index (χ4v) is 3.49. The molecular weight excluding hydrogens is 444 g/mol. The van der Waals surface area contributed by atoms with Gasteiger partial charge in [-0.3, -0.25) is 19.7 Å². The molecule has 1 heterocycles. The predicted molar refractivity (Wildman–Crippen MR) is 135 cm³/mol. The molecule has 0 spiro atoms. The number of allylic oxidation sites excluding steroid dienone is 2. The second kappa shape index (κ2) is 10.9. The number of nitro groups is 1. The molecule has 35 heavy (non-hydrogen) atoms. The summed E-state index contributed by atoms with van der Waals surface area (Å²) in [5.41, 5.74) is 2.80. The number of nitrogens with zero attached hydrogens (tertiary/aromatic N) is 1. The number of fused-ring (bicyclic) bond motifs is 1. The first kappa shape index (κ1) is 23.4. The fourth-order valence-electron chi connectivity index (χ4n) is 3.49. The van der Waals surface area contributed by atoms with E-state index in [4.69, 9.17) is 4.74 Å². The molecule has 0 bridgehead atoms. The maximum atomic E-state index is 12.3. The van der Waals surface area contributed by atoms with Gasteiger partial charge in [-0.25, -0.2) is 0 Å². The molecule has 0 aliphatic carbocycles. The lowest BCUT2D eigenvalue weighted by molar-refractivity contribution is -0.385. The first-order valence-electron chi connectivity index (χ1n) is 10.9. The molecule has 0 aliphatic heterocycles. The van der Waals surface area contributed by atoms with Crippen LogP contribution in [0, 0.1) is 10.1 Å². The van der Waals surface area contributed by atoms with Gasteiger partial charge in [0, 0.05) is 17.8 Å². The highest BCUT2D eigenvalue weighted by Crippen LogP contribution is 2.26. The van der Waals surface area contributed by atoms with Crippen LogP contribution in [0.4, 0.5) is 5.69 Å². The third kappa shape index (κ3) is 6.39. The van der Waals surface area contributed by atoms with Crippen molar-refractivity contribution in [3.8, 4) is 5.75 Å². The molecule has 1 N–H and O–H groups in total. The molecule has 0 unspecified atom stereocenters. The van der Waals surface area contributed by atoms with Gasteiger partial charge in [0.1, 0.15) is 12.4 Å². The topological polar surface area (TPSA) is 102 Å². The lowest BCUT2D eigenvalue weighted by atomic mass is 10.1. The second-order valence-electron chi connectivity index (χ2n) is 7.85. The minimum atomic E-state index is -0.528. The van der Waals surface area contributed by atoms with Crippen LogP contribution in [0.5, 0.6) is 5.75 Å². The first-order valence-corrected chi connectivity index (χ1v) is 10.9. The molecule has 0 amide bonds. The average molecular weight is 466 g/mol. The van der Waals surface area contributed by atoms with Crippen LogP contribution < -0.4 is 4.74 Å². The highest BCUT2D eigenvalue weighted by molar-refractivity contribution is 6.11. The zero-order chi connectivity index (χ0) is 24.6. The summed E-state index contributed by atoms with van der Waals surface area (Å²) in [7, 11) is 0. The van der Waals surface area contributed by atoms with Crippen molar-refractivity contribution in [2.75, 3.05) is 0 Å². The maximum absolute atomic E-state index is 12.3. The largest absolute Gasteiger partial charge is 0.489 e. The molecule has 3 aromatic carbocycles. The zero-order valence-electron chi connectivity index (χ0n) is 18.7. The van der Waals surface area contributed by atoms with Crippen molar-refractivity contribution in [1.82, 2.24) is 4.98 Å². The summed E-state index contributed by atoms with van der Waals surface area (Å²) in [5.74, 6) is -0.380. The number of benzene rings is 3. The smallest absolute Gasteiger partial charge is 0.276 e. The monoisotopic (exact) mass is 466 g/mol. The number of carbonyl (C=O) groups excluding carboxylic acids is 2. The number of aromatic amines is 1. The lowest BCUT2D eigenvalue weighted by Crippen LogP contribution is -2.02. The average Bonchev–Trinajstić information content (AvgIpc) is 3.33. The van der Waals surface area contributed by atoms with E-state index < -0.39 is 10.7 Å². The highest BCUT2D eigenvalue weighted by atomic mass is 16.6. The molecule has 0 saturated carbocycles. The van der Waals surface area contributed by atoms with Crippen LogP contribution in [0.1, 0.15) is 23.1 Å². The summed E-state index contributed by atoms with van der Waals surface area (Å²) in [6, 6.07) is 21.5. The standard InChI is InChI=1S/C28H22N2O5/c31-24(10-7-20-6-8-22-14-15-29-27(22)16-20)18-25(32)11-9-23-17-26(12-13-28(23)30(33)34)35-19-21-4-2-1-3-5-21/h1-17,29H,18-19H2/b10-7+,11-9+.